The van der Waals surface area contributed by atoms with Gasteiger partial charge >= 0.3 is 0 Å². The molecule has 2 aromatic heterocycles. The average molecular weight is 420 g/mol. The highest BCUT2D eigenvalue weighted by atomic mass is 16.5. The summed E-state index contributed by atoms with van der Waals surface area (Å²) in [6, 6.07) is 14.4. The predicted octanol–water partition coefficient (Wildman–Crippen LogP) is 3.10. The number of carbonyl (C=O) groups excluding carboxylic acids is 1. The standard InChI is InChI=1S/C22H20N4O5/c1-29-15-8-9-16(17(12-15)30-2)24-18(27)10-11-26-13-23-20-19(14-6-4-3-5-7-14)25-31-21(20)22(26)28/h3-9,12-13H,10-11H2,1-2H3,(H,24,27). The van der Waals surface area contributed by atoms with E-state index in [9.17, 15) is 9.59 Å². The normalized spacial score (nSPS) is 10.8. The van der Waals surface area contributed by atoms with E-state index in [0.717, 1.165) is 5.56 Å². The summed E-state index contributed by atoms with van der Waals surface area (Å²) in [5.41, 5.74) is 1.87. The summed E-state index contributed by atoms with van der Waals surface area (Å²) in [5, 5.41) is 6.77. The monoisotopic (exact) mass is 420 g/mol. The number of aryl methyl sites for hydroxylation is 1. The van der Waals surface area contributed by atoms with Crippen molar-refractivity contribution in [1.82, 2.24) is 14.7 Å². The molecular formula is C22H20N4O5. The molecule has 2 aromatic carbocycles. The van der Waals surface area contributed by atoms with E-state index in [-0.39, 0.29) is 24.5 Å². The molecular weight excluding hydrogens is 400 g/mol. The minimum atomic E-state index is -0.394. The lowest BCUT2D eigenvalue weighted by Crippen LogP contribution is -2.23. The Morgan fingerprint density at radius 3 is 2.68 bits per heavy atom. The van der Waals surface area contributed by atoms with Gasteiger partial charge in [0.05, 0.1) is 26.2 Å². The first kappa shape index (κ1) is 20.1. The Hall–Kier alpha value is -4.14. The van der Waals surface area contributed by atoms with Crippen molar-refractivity contribution in [2.75, 3.05) is 19.5 Å². The molecule has 4 rings (SSSR count). The summed E-state index contributed by atoms with van der Waals surface area (Å²) in [6.45, 7) is 0.132. The number of nitrogens with one attached hydrogen (secondary N) is 1. The molecule has 1 amide bonds. The lowest BCUT2D eigenvalue weighted by molar-refractivity contribution is -0.116. The van der Waals surface area contributed by atoms with Crippen LogP contribution in [-0.2, 0) is 11.3 Å². The molecule has 0 saturated carbocycles. The molecule has 0 fully saturated rings. The van der Waals surface area contributed by atoms with Crippen LogP contribution in [0.25, 0.3) is 22.4 Å². The van der Waals surface area contributed by atoms with E-state index in [2.05, 4.69) is 15.5 Å². The molecule has 2 heterocycles. The van der Waals surface area contributed by atoms with Gasteiger partial charge in [-0.05, 0) is 12.1 Å². The smallest absolute Gasteiger partial charge is 0.299 e. The summed E-state index contributed by atoms with van der Waals surface area (Å²) in [7, 11) is 3.05. The molecule has 0 unspecified atom stereocenters. The van der Waals surface area contributed by atoms with Crippen LogP contribution in [0.3, 0.4) is 0 Å². The van der Waals surface area contributed by atoms with E-state index in [0.29, 0.717) is 28.4 Å². The van der Waals surface area contributed by atoms with Gasteiger partial charge in [-0.15, -0.1) is 0 Å². The van der Waals surface area contributed by atoms with Gasteiger partial charge in [-0.25, -0.2) is 4.98 Å². The summed E-state index contributed by atoms with van der Waals surface area (Å²) >= 11 is 0. The van der Waals surface area contributed by atoms with Crippen molar-refractivity contribution >= 4 is 22.7 Å². The number of nitrogens with zero attached hydrogens (tertiary/aromatic N) is 3. The summed E-state index contributed by atoms with van der Waals surface area (Å²) < 4.78 is 17.0. The maximum atomic E-state index is 12.7. The molecule has 0 aliphatic carbocycles. The second kappa shape index (κ2) is 8.70. The number of anilines is 1. The fraction of sp³-hybridized carbons (Fsp3) is 0.182. The largest absolute Gasteiger partial charge is 0.497 e. The summed E-state index contributed by atoms with van der Waals surface area (Å²) in [5.74, 6) is 0.809. The van der Waals surface area contributed by atoms with Crippen molar-refractivity contribution in [1.29, 1.82) is 0 Å². The number of benzene rings is 2. The Morgan fingerprint density at radius 2 is 1.94 bits per heavy atom. The van der Waals surface area contributed by atoms with Crippen LogP contribution in [0.1, 0.15) is 6.42 Å². The van der Waals surface area contributed by atoms with Crippen molar-refractivity contribution < 1.29 is 18.8 Å². The van der Waals surface area contributed by atoms with E-state index in [4.69, 9.17) is 14.0 Å². The molecule has 9 nitrogen and oxygen atoms in total. The second-order valence-corrected chi connectivity index (χ2v) is 6.68. The third-order valence-corrected chi connectivity index (χ3v) is 4.76. The summed E-state index contributed by atoms with van der Waals surface area (Å²) in [6.07, 6.45) is 1.46. The Morgan fingerprint density at radius 1 is 1.13 bits per heavy atom. The summed E-state index contributed by atoms with van der Waals surface area (Å²) in [4.78, 5) is 29.5. The van der Waals surface area contributed by atoms with E-state index < -0.39 is 5.56 Å². The van der Waals surface area contributed by atoms with Gasteiger partial charge in [0.25, 0.3) is 11.1 Å². The fourth-order valence-electron chi connectivity index (χ4n) is 3.14. The number of rotatable bonds is 7. The zero-order chi connectivity index (χ0) is 21.8. The quantitative estimate of drug-likeness (QED) is 0.489. The van der Waals surface area contributed by atoms with Crippen LogP contribution in [0.4, 0.5) is 5.69 Å². The first-order valence-corrected chi connectivity index (χ1v) is 9.53. The highest BCUT2D eigenvalue weighted by Crippen LogP contribution is 2.29. The molecule has 0 aliphatic heterocycles. The van der Waals surface area contributed by atoms with Gasteiger partial charge in [0, 0.05) is 24.6 Å². The van der Waals surface area contributed by atoms with Crippen LogP contribution < -0.4 is 20.3 Å². The van der Waals surface area contributed by atoms with Crippen molar-refractivity contribution in [2.45, 2.75) is 13.0 Å². The first-order chi connectivity index (χ1) is 15.1. The van der Waals surface area contributed by atoms with Crippen LogP contribution in [0.2, 0.25) is 0 Å². The molecule has 0 radical (unpaired) electrons. The zero-order valence-corrected chi connectivity index (χ0v) is 17.0. The Labute approximate surface area is 177 Å². The van der Waals surface area contributed by atoms with Crippen molar-refractivity contribution in [3.63, 3.8) is 0 Å². The Balaban J connectivity index is 1.49. The number of amides is 1. The van der Waals surface area contributed by atoms with Crippen LogP contribution in [-0.4, -0.2) is 34.8 Å². The number of aromatic nitrogens is 3. The highest BCUT2D eigenvalue weighted by molar-refractivity contribution is 5.92. The van der Waals surface area contributed by atoms with Gasteiger partial charge in [0.15, 0.2) is 0 Å². The number of methoxy groups -OCH3 is 2. The average Bonchev–Trinajstić information content (AvgIpc) is 3.24. The number of hydrogen-bond donors (Lipinski definition) is 1. The molecule has 1 N–H and O–H groups in total. The second-order valence-electron chi connectivity index (χ2n) is 6.68. The Bertz CT molecular complexity index is 1280. The number of fused-ring (bicyclic) bond motifs is 1. The van der Waals surface area contributed by atoms with Crippen LogP contribution in [0.5, 0.6) is 11.5 Å². The van der Waals surface area contributed by atoms with Gasteiger partial charge in [-0.1, -0.05) is 35.5 Å². The van der Waals surface area contributed by atoms with E-state index in [1.54, 1.807) is 25.3 Å². The third kappa shape index (κ3) is 4.11. The first-order valence-electron chi connectivity index (χ1n) is 9.53. The van der Waals surface area contributed by atoms with E-state index >= 15 is 0 Å². The van der Waals surface area contributed by atoms with Crippen LogP contribution in [0.15, 0.2) is 64.2 Å². The number of hydrogen-bond acceptors (Lipinski definition) is 7. The Kier molecular flexibility index (Phi) is 5.65. The molecule has 31 heavy (non-hydrogen) atoms. The molecule has 0 spiro atoms. The molecule has 158 valence electrons. The third-order valence-electron chi connectivity index (χ3n) is 4.76. The highest BCUT2D eigenvalue weighted by Gasteiger charge is 2.17. The molecule has 4 aromatic rings. The van der Waals surface area contributed by atoms with E-state index in [1.165, 1.54) is 18.0 Å². The molecule has 0 bridgehead atoms. The van der Waals surface area contributed by atoms with E-state index in [1.807, 2.05) is 30.3 Å². The van der Waals surface area contributed by atoms with Gasteiger partial charge in [0.1, 0.15) is 22.7 Å². The molecule has 0 saturated heterocycles. The SMILES string of the molecule is COc1ccc(NC(=O)CCn2cnc3c(-c4ccccc4)noc3c2=O)c(OC)c1. The van der Waals surface area contributed by atoms with Crippen molar-refractivity contribution in [3.8, 4) is 22.8 Å². The predicted molar refractivity (Wildman–Crippen MR) is 114 cm³/mol. The molecule has 9 heteroatoms. The minimum absolute atomic E-state index is 0.0542. The van der Waals surface area contributed by atoms with Gasteiger partial charge in [-0.3, -0.25) is 14.2 Å². The molecule has 0 aliphatic rings. The molecule has 0 atom stereocenters. The van der Waals surface area contributed by atoms with Gasteiger partial charge in [0.2, 0.25) is 5.91 Å². The lowest BCUT2D eigenvalue weighted by Gasteiger charge is -2.12. The van der Waals surface area contributed by atoms with Gasteiger partial charge in [-0.2, -0.15) is 0 Å². The number of carbonyl (C=O) groups is 1. The fourth-order valence-corrected chi connectivity index (χ4v) is 3.14. The van der Waals surface area contributed by atoms with Crippen molar-refractivity contribution in [3.05, 3.63) is 65.2 Å². The van der Waals surface area contributed by atoms with Gasteiger partial charge < -0.3 is 19.3 Å². The number of ether oxygens (including phenoxy) is 2. The topological polar surface area (TPSA) is 108 Å². The lowest BCUT2D eigenvalue weighted by atomic mass is 10.1. The van der Waals surface area contributed by atoms with Crippen LogP contribution in [0, 0.1) is 0 Å². The maximum absolute atomic E-state index is 12.7. The minimum Gasteiger partial charge on any atom is -0.497 e. The zero-order valence-electron chi connectivity index (χ0n) is 17.0. The van der Waals surface area contributed by atoms with Crippen molar-refractivity contribution in [2.24, 2.45) is 0 Å². The maximum Gasteiger partial charge on any atom is 0.299 e. The van der Waals surface area contributed by atoms with Crippen LogP contribution >= 0.6 is 0 Å².